The van der Waals surface area contributed by atoms with Gasteiger partial charge in [0.25, 0.3) is 0 Å². The number of aromatic nitrogens is 1. The molecule has 0 amide bonds. The van der Waals surface area contributed by atoms with E-state index in [0.29, 0.717) is 11.4 Å². The van der Waals surface area contributed by atoms with Gasteiger partial charge < -0.3 is 10.6 Å². The van der Waals surface area contributed by atoms with E-state index < -0.39 is 0 Å². The number of nitrogens with one attached hydrogen (secondary N) is 1. The van der Waals surface area contributed by atoms with Crippen LogP contribution in [0.3, 0.4) is 0 Å². The van der Waals surface area contributed by atoms with Crippen LogP contribution in [0.4, 0.5) is 11.5 Å². The van der Waals surface area contributed by atoms with Crippen molar-refractivity contribution in [3.63, 3.8) is 0 Å². The molecule has 2 heterocycles. The smallest absolute Gasteiger partial charge is 0.129 e. The Morgan fingerprint density at radius 3 is 2.50 bits per heavy atom. The third kappa shape index (κ3) is 3.11. The quantitative estimate of drug-likeness (QED) is 0.673. The molecule has 1 aromatic carbocycles. The summed E-state index contributed by atoms with van der Waals surface area (Å²) in [6.45, 7) is 2.11. The summed E-state index contributed by atoms with van der Waals surface area (Å²) in [7, 11) is 0. The number of pyridine rings is 1. The highest BCUT2D eigenvalue weighted by molar-refractivity contribution is 6.14. The van der Waals surface area contributed by atoms with Crippen LogP contribution in [0.25, 0.3) is 0 Å². The second-order valence-corrected chi connectivity index (χ2v) is 5.77. The fraction of sp³-hybridized carbons (Fsp3) is 0.333. The number of nitrogens with zero attached hydrogens (tertiary/aromatic N) is 2. The van der Waals surface area contributed by atoms with Gasteiger partial charge in [0, 0.05) is 36.1 Å². The van der Waals surface area contributed by atoms with E-state index in [-0.39, 0.29) is 0 Å². The summed E-state index contributed by atoms with van der Waals surface area (Å²) in [5, 5.41) is 8.44. The van der Waals surface area contributed by atoms with E-state index in [1.165, 1.54) is 25.7 Å². The van der Waals surface area contributed by atoms with Crippen molar-refractivity contribution in [3.8, 4) is 0 Å². The van der Waals surface area contributed by atoms with Gasteiger partial charge in [0.05, 0.1) is 5.71 Å². The van der Waals surface area contributed by atoms with E-state index in [9.17, 15) is 0 Å². The van der Waals surface area contributed by atoms with Crippen LogP contribution >= 0.6 is 0 Å². The number of nitrogen functional groups attached to an aromatic ring is 1. The normalized spacial score (nSPS) is 15.4. The number of benzene rings is 1. The molecule has 0 unspecified atom stereocenters. The van der Waals surface area contributed by atoms with Crippen LogP contribution in [0, 0.1) is 5.41 Å². The lowest BCUT2D eigenvalue weighted by molar-refractivity contribution is 0.726. The highest BCUT2D eigenvalue weighted by Gasteiger charge is 2.14. The lowest BCUT2D eigenvalue weighted by Gasteiger charge is -2.22. The zero-order valence-corrected chi connectivity index (χ0v) is 12.8. The van der Waals surface area contributed by atoms with Crippen LogP contribution < -0.4 is 10.6 Å². The van der Waals surface area contributed by atoms with E-state index in [4.69, 9.17) is 11.1 Å². The van der Waals surface area contributed by atoms with Crippen LogP contribution in [0.1, 0.15) is 36.8 Å². The summed E-state index contributed by atoms with van der Waals surface area (Å²) in [6.07, 6.45) is 6.83. The lowest BCUT2D eigenvalue weighted by atomic mass is 10.0. The van der Waals surface area contributed by atoms with Crippen molar-refractivity contribution >= 4 is 17.2 Å². The van der Waals surface area contributed by atoms with E-state index in [0.717, 1.165) is 30.0 Å². The Bertz CT molecular complexity index is 658. The third-order valence-corrected chi connectivity index (χ3v) is 4.19. The summed E-state index contributed by atoms with van der Waals surface area (Å²) in [6, 6.07) is 11.4. The Labute approximate surface area is 131 Å². The molecule has 4 heteroatoms. The number of rotatable bonds is 3. The van der Waals surface area contributed by atoms with Gasteiger partial charge in [0.2, 0.25) is 0 Å². The second-order valence-electron chi connectivity index (χ2n) is 5.77. The van der Waals surface area contributed by atoms with Gasteiger partial charge in [-0.2, -0.15) is 0 Å². The summed E-state index contributed by atoms with van der Waals surface area (Å²) >= 11 is 0. The summed E-state index contributed by atoms with van der Waals surface area (Å²) in [5.41, 5.74) is 8.73. The van der Waals surface area contributed by atoms with Crippen molar-refractivity contribution in [1.29, 1.82) is 5.41 Å². The minimum atomic E-state index is 0.455. The number of hydrogen-bond donors (Lipinski definition) is 2. The molecule has 0 saturated carbocycles. The maximum absolute atomic E-state index is 8.44. The Balaban J connectivity index is 1.87. The number of anilines is 2. The number of hydrogen-bond acceptors (Lipinski definition) is 4. The molecule has 4 nitrogen and oxygen atoms in total. The van der Waals surface area contributed by atoms with Gasteiger partial charge >= 0.3 is 0 Å². The Kier molecular flexibility index (Phi) is 4.37. The fourth-order valence-electron chi connectivity index (χ4n) is 2.93. The van der Waals surface area contributed by atoms with Gasteiger partial charge in [-0.05, 0) is 31.0 Å². The molecule has 0 aliphatic carbocycles. The van der Waals surface area contributed by atoms with Crippen LogP contribution in [-0.2, 0) is 0 Å². The first-order chi connectivity index (χ1) is 10.8. The van der Waals surface area contributed by atoms with Crippen molar-refractivity contribution in [1.82, 2.24) is 4.98 Å². The molecule has 0 radical (unpaired) electrons. The standard InChI is InChI=1S/C18H22N4/c19-16-8-4-3-7-15(16)18(20)14-9-10-21-17(13-14)22-11-5-1-2-6-12-22/h3-4,7-10,13,20H,1-2,5-6,11-12,19H2. The molecule has 0 bridgehead atoms. The Morgan fingerprint density at radius 2 is 1.77 bits per heavy atom. The molecule has 22 heavy (non-hydrogen) atoms. The summed E-state index contributed by atoms with van der Waals surface area (Å²) < 4.78 is 0. The molecule has 1 aliphatic heterocycles. The summed E-state index contributed by atoms with van der Waals surface area (Å²) in [5.74, 6) is 0.971. The Hall–Kier alpha value is -2.36. The predicted octanol–water partition coefficient (Wildman–Crippen LogP) is 3.46. The van der Waals surface area contributed by atoms with Gasteiger partial charge in [0.15, 0.2) is 0 Å². The first-order valence-electron chi connectivity index (χ1n) is 7.90. The third-order valence-electron chi connectivity index (χ3n) is 4.19. The zero-order valence-electron chi connectivity index (χ0n) is 12.8. The minimum Gasteiger partial charge on any atom is -0.398 e. The molecule has 114 valence electrons. The first kappa shape index (κ1) is 14.6. The fourth-order valence-corrected chi connectivity index (χ4v) is 2.93. The van der Waals surface area contributed by atoms with E-state index in [2.05, 4.69) is 9.88 Å². The first-order valence-corrected chi connectivity index (χ1v) is 7.90. The molecule has 0 spiro atoms. The van der Waals surface area contributed by atoms with Crippen molar-refractivity contribution in [2.75, 3.05) is 23.7 Å². The van der Waals surface area contributed by atoms with Crippen LogP contribution in [0.2, 0.25) is 0 Å². The van der Waals surface area contributed by atoms with Gasteiger partial charge in [-0.3, -0.25) is 5.41 Å². The largest absolute Gasteiger partial charge is 0.398 e. The van der Waals surface area contributed by atoms with Crippen LogP contribution in [0.5, 0.6) is 0 Å². The van der Waals surface area contributed by atoms with Gasteiger partial charge in [-0.25, -0.2) is 4.98 Å². The topological polar surface area (TPSA) is 66.0 Å². The predicted molar refractivity (Wildman–Crippen MR) is 91.7 cm³/mol. The Morgan fingerprint density at radius 1 is 1.05 bits per heavy atom. The van der Waals surface area contributed by atoms with Crippen molar-refractivity contribution in [2.24, 2.45) is 0 Å². The van der Waals surface area contributed by atoms with Gasteiger partial charge in [-0.1, -0.05) is 31.0 Å². The molecule has 0 atom stereocenters. The van der Waals surface area contributed by atoms with E-state index in [1.54, 1.807) is 6.20 Å². The van der Waals surface area contributed by atoms with Crippen molar-refractivity contribution in [3.05, 3.63) is 53.7 Å². The average molecular weight is 294 g/mol. The number of nitrogens with two attached hydrogens (primary N) is 1. The van der Waals surface area contributed by atoms with Crippen LogP contribution in [0.15, 0.2) is 42.6 Å². The van der Waals surface area contributed by atoms with Crippen molar-refractivity contribution < 1.29 is 0 Å². The molecule has 1 aliphatic rings. The molecular weight excluding hydrogens is 272 g/mol. The zero-order chi connectivity index (χ0) is 15.4. The van der Waals surface area contributed by atoms with E-state index in [1.807, 2.05) is 36.4 Å². The minimum absolute atomic E-state index is 0.455. The molecule has 1 aromatic heterocycles. The van der Waals surface area contributed by atoms with Gasteiger partial charge in [-0.15, -0.1) is 0 Å². The number of para-hydroxylation sites is 1. The monoisotopic (exact) mass is 294 g/mol. The van der Waals surface area contributed by atoms with Crippen LogP contribution in [-0.4, -0.2) is 23.8 Å². The molecule has 2 aromatic rings. The molecular formula is C18H22N4. The molecule has 1 fully saturated rings. The second kappa shape index (κ2) is 6.60. The molecule has 3 rings (SSSR count). The van der Waals surface area contributed by atoms with E-state index >= 15 is 0 Å². The lowest BCUT2D eigenvalue weighted by Crippen LogP contribution is -2.25. The summed E-state index contributed by atoms with van der Waals surface area (Å²) in [4.78, 5) is 6.83. The SMILES string of the molecule is N=C(c1ccnc(N2CCCCCC2)c1)c1ccccc1N. The maximum Gasteiger partial charge on any atom is 0.129 e. The highest BCUT2D eigenvalue weighted by atomic mass is 15.2. The average Bonchev–Trinajstić information content (AvgIpc) is 2.84. The molecule has 3 N–H and O–H groups in total. The van der Waals surface area contributed by atoms with Crippen molar-refractivity contribution in [2.45, 2.75) is 25.7 Å². The highest BCUT2D eigenvalue weighted by Crippen LogP contribution is 2.21. The van der Waals surface area contributed by atoms with Gasteiger partial charge in [0.1, 0.15) is 5.82 Å². The maximum atomic E-state index is 8.44. The molecule has 1 saturated heterocycles.